The summed E-state index contributed by atoms with van der Waals surface area (Å²) in [6, 6.07) is 0. The second-order valence-electron chi connectivity index (χ2n) is 8.50. The molecule has 30 heavy (non-hydrogen) atoms. The van der Waals surface area contributed by atoms with Crippen molar-refractivity contribution in [3.63, 3.8) is 0 Å². The van der Waals surface area contributed by atoms with Gasteiger partial charge in [-0.2, -0.15) is 0 Å². The molecule has 0 fully saturated rings. The van der Waals surface area contributed by atoms with E-state index in [9.17, 15) is 9.59 Å². The summed E-state index contributed by atoms with van der Waals surface area (Å²) in [6.45, 7) is 15.0. The third-order valence-electron chi connectivity index (χ3n) is 5.10. The predicted molar refractivity (Wildman–Crippen MR) is 127 cm³/mol. The highest BCUT2D eigenvalue weighted by molar-refractivity contribution is 5.76. The number of carbonyl (C=O) groups excluding carboxylic acids is 2. The highest BCUT2D eigenvalue weighted by Gasteiger charge is 2.28. The van der Waals surface area contributed by atoms with Crippen molar-refractivity contribution in [3.8, 4) is 0 Å². The van der Waals surface area contributed by atoms with Gasteiger partial charge < -0.3 is 9.47 Å². The van der Waals surface area contributed by atoms with Gasteiger partial charge in [0.1, 0.15) is 0 Å². The number of esters is 2. The van der Waals surface area contributed by atoms with Gasteiger partial charge in [-0.15, -0.1) is 0 Å². The Morgan fingerprint density at radius 1 is 0.700 bits per heavy atom. The molecule has 0 saturated heterocycles. The Labute approximate surface area is 186 Å². The first-order chi connectivity index (χ1) is 14.4. The molecule has 4 nitrogen and oxygen atoms in total. The topological polar surface area (TPSA) is 52.6 Å². The maximum Gasteiger partial charge on any atom is 0.316 e. The van der Waals surface area contributed by atoms with E-state index >= 15 is 0 Å². The molecule has 0 unspecified atom stereocenters. The summed E-state index contributed by atoms with van der Waals surface area (Å²) in [5, 5.41) is 0. The number of hydrogen-bond acceptors (Lipinski definition) is 4. The third-order valence-corrected chi connectivity index (χ3v) is 5.10. The zero-order chi connectivity index (χ0) is 23.1. The minimum Gasteiger partial charge on any atom is -0.435 e. The van der Waals surface area contributed by atoms with E-state index in [1.807, 2.05) is 13.8 Å². The Morgan fingerprint density at radius 3 is 1.60 bits per heavy atom. The fourth-order valence-corrected chi connectivity index (χ4v) is 3.06. The van der Waals surface area contributed by atoms with Crippen molar-refractivity contribution in [2.45, 2.75) is 124 Å². The van der Waals surface area contributed by atoms with Gasteiger partial charge in [0.2, 0.25) is 0 Å². The molecular formula is C26H48O4. The zero-order valence-electron chi connectivity index (χ0n) is 20.3. The molecule has 0 saturated carbocycles. The van der Waals surface area contributed by atoms with Gasteiger partial charge in [-0.3, -0.25) is 9.59 Å². The second kappa shape index (κ2) is 22.1. The van der Waals surface area contributed by atoms with Crippen molar-refractivity contribution in [2.24, 2.45) is 5.41 Å². The lowest BCUT2D eigenvalue weighted by Gasteiger charge is -2.20. The molecule has 4 heteroatoms. The number of rotatable bonds is 18. The van der Waals surface area contributed by atoms with Crippen LogP contribution in [-0.4, -0.2) is 11.9 Å². The maximum atomic E-state index is 11.4. The van der Waals surface area contributed by atoms with Gasteiger partial charge in [-0.05, 0) is 26.7 Å². The summed E-state index contributed by atoms with van der Waals surface area (Å²) in [7, 11) is 0. The van der Waals surface area contributed by atoms with Gasteiger partial charge in [0, 0.05) is 6.42 Å². The van der Waals surface area contributed by atoms with Crippen LogP contribution in [0.3, 0.4) is 0 Å². The van der Waals surface area contributed by atoms with Crippen LogP contribution in [0.1, 0.15) is 124 Å². The Balaban J connectivity index is 0. The summed E-state index contributed by atoms with van der Waals surface area (Å²) >= 11 is 0. The van der Waals surface area contributed by atoms with Crippen molar-refractivity contribution >= 4 is 11.9 Å². The van der Waals surface area contributed by atoms with Crippen molar-refractivity contribution in [1.82, 2.24) is 0 Å². The van der Waals surface area contributed by atoms with Crippen LogP contribution in [0.15, 0.2) is 25.7 Å². The normalized spacial score (nSPS) is 10.5. The van der Waals surface area contributed by atoms with E-state index in [1.54, 1.807) is 0 Å². The largest absolute Gasteiger partial charge is 0.435 e. The highest BCUT2D eigenvalue weighted by Crippen LogP contribution is 2.25. The van der Waals surface area contributed by atoms with E-state index in [0.29, 0.717) is 6.42 Å². The van der Waals surface area contributed by atoms with Crippen LogP contribution in [0, 0.1) is 5.41 Å². The summed E-state index contributed by atoms with van der Waals surface area (Å²) < 4.78 is 9.43. The molecule has 0 radical (unpaired) electrons. The Hall–Kier alpha value is -1.58. The van der Waals surface area contributed by atoms with Crippen LogP contribution in [0.2, 0.25) is 0 Å². The van der Waals surface area contributed by atoms with Gasteiger partial charge in [0.25, 0.3) is 0 Å². The van der Waals surface area contributed by atoms with Crippen molar-refractivity contribution < 1.29 is 19.1 Å². The van der Waals surface area contributed by atoms with E-state index in [-0.39, 0.29) is 17.4 Å². The number of carbonyl (C=O) groups is 2. The summed E-state index contributed by atoms with van der Waals surface area (Å²) in [5.41, 5.74) is -0.373. The van der Waals surface area contributed by atoms with Gasteiger partial charge in [-0.25, -0.2) is 0 Å². The molecule has 0 N–H and O–H groups in total. The van der Waals surface area contributed by atoms with Gasteiger partial charge in [0.05, 0.1) is 17.9 Å². The summed E-state index contributed by atoms with van der Waals surface area (Å²) in [6.07, 6.45) is 20.0. The predicted octanol–water partition coefficient (Wildman–Crippen LogP) is 8.26. The van der Waals surface area contributed by atoms with Crippen LogP contribution in [-0.2, 0) is 19.1 Å². The third kappa shape index (κ3) is 21.1. The standard InChI is InChI=1S/C14H26O2.C12H22O2/c1-3-5-6-7-8-9-10-11-12-13-14(15)16-4-2;1-5-7-8-9-10-12(3,4)11(13)14-6-2/h4H,2-3,5-13H2,1H3;6H,2,5,7-10H2,1,3-4H3. The quantitative estimate of drug-likeness (QED) is 0.126. The molecule has 0 bridgehead atoms. The smallest absolute Gasteiger partial charge is 0.316 e. The van der Waals surface area contributed by atoms with Gasteiger partial charge >= 0.3 is 11.9 Å². The van der Waals surface area contributed by atoms with Crippen LogP contribution in [0.25, 0.3) is 0 Å². The second-order valence-corrected chi connectivity index (χ2v) is 8.50. The van der Waals surface area contributed by atoms with E-state index < -0.39 is 0 Å². The molecular weight excluding hydrogens is 376 g/mol. The molecule has 0 aromatic heterocycles. The van der Waals surface area contributed by atoms with Crippen LogP contribution in [0.5, 0.6) is 0 Å². The molecule has 0 spiro atoms. The minimum atomic E-state index is -0.373. The van der Waals surface area contributed by atoms with E-state index in [0.717, 1.165) is 25.7 Å². The molecule has 0 aliphatic rings. The van der Waals surface area contributed by atoms with E-state index in [1.165, 1.54) is 76.7 Å². The average Bonchev–Trinajstić information content (AvgIpc) is 2.71. The first-order valence-electron chi connectivity index (χ1n) is 12.0. The molecule has 0 aliphatic heterocycles. The number of ether oxygens (including phenoxy) is 2. The fourth-order valence-electron chi connectivity index (χ4n) is 3.06. The number of unbranched alkanes of at least 4 members (excludes halogenated alkanes) is 11. The maximum absolute atomic E-state index is 11.4. The van der Waals surface area contributed by atoms with Crippen molar-refractivity contribution in [2.75, 3.05) is 0 Å². The van der Waals surface area contributed by atoms with Crippen LogP contribution in [0.4, 0.5) is 0 Å². The molecule has 0 heterocycles. The molecule has 0 aromatic carbocycles. The zero-order valence-corrected chi connectivity index (χ0v) is 20.3. The van der Waals surface area contributed by atoms with Crippen molar-refractivity contribution in [3.05, 3.63) is 25.7 Å². The summed E-state index contributed by atoms with van der Waals surface area (Å²) in [4.78, 5) is 22.4. The van der Waals surface area contributed by atoms with Crippen LogP contribution < -0.4 is 0 Å². The first kappa shape index (κ1) is 30.6. The molecule has 0 aliphatic carbocycles. The summed E-state index contributed by atoms with van der Waals surface area (Å²) in [5.74, 6) is -0.332. The molecule has 176 valence electrons. The molecule has 0 rings (SSSR count). The first-order valence-corrected chi connectivity index (χ1v) is 12.0. The minimum absolute atomic E-state index is 0.155. The molecule has 0 aromatic rings. The van der Waals surface area contributed by atoms with Gasteiger partial charge in [-0.1, -0.05) is 104 Å². The van der Waals surface area contributed by atoms with Gasteiger partial charge in [0.15, 0.2) is 0 Å². The lowest BCUT2D eigenvalue weighted by Crippen LogP contribution is -2.25. The fraction of sp³-hybridized carbons (Fsp3) is 0.769. The van der Waals surface area contributed by atoms with E-state index in [4.69, 9.17) is 4.74 Å². The lowest BCUT2D eigenvalue weighted by atomic mass is 9.87. The SMILES string of the molecule is C=COC(=O)C(C)(C)CCCCCC.C=COC(=O)CCCCCCCCCCC. The Kier molecular flexibility index (Phi) is 22.6. The molecule has 0 amide bonds. The Morgan fingerprint density at radius 2 is 1.13 bits per heavy atom. The highest BCUT2D eigenvalue weighted by atomic mass is 16.5. The van der Waals surface area contributed by atoms with E-state index in [2.05, 4.69) is 31.7 Å². The molecule has 0 atom stereocenters. The lowest BCUT2D eigenvalue weighted by molar-refractivity contribution is -0.148. The average molecular weight is 425 g/mol. The van der Waals surface area contributed by atoms with Crippen molar-refractivity contribution in [1.29, 1.82) is 0 Å². The Bertz CT molecular complexity index is 440. The number of hydrogen-bond donors (Lipinski definition) is 0. The monoisotopic (exact) mass is 424 g/mol. The van der Waals surface area contributed by atoms with Crippen LogP contribution >= 0.6 is 0 Å².